The van der Waals surface area contributed by atoms with Crippen LogP contribution in [0.15, 0.2) is 54.9 Å². The number of aryl methyl sites for hydroxylation is 1. The first kappa shape index (κ1) is 43.9. The molecule has 1 aliphatic carbocycles. The van der Waals surface area contributed by atoms with Gasteiger partial charge in [0.15, 0.2) is 0 Å². The quantitative estimate of drug-likeness (QED) is 0.203. The van der Waals surface area contributed by atoms with Crippen LogP contribution in [-0.2, 0) is 51.0 Å². The van der Waals surface area contributed by atoms with Gasteiger partial charge in [0.1, 0.15) is 29.7 Å². The Morgan fingerprint density at radius 2 is 1.61 bits per heavy atom. The molecule has 5 fully saturated rings. The minimum absolute atomic E-state index is 0.0427. The van der Waals surface area contributed by atoms with Gasteiger partial charge in [0.05, 0.1) is 55.0 Å². The Kier molecular flexibility index (Phi) is 11.9. The van der Waals surface area contributed by atoms with Gasteiger partial charge in [-0.05, 0) is 93.7 Å². The highest BCUT2D eigenvalue weighted by Gasteiger charge is 2.45. The van der Waals surface area contributed by atoms with Gasteiger partial charge in [-0.15, -0.1) is 10.2 Å². The highest BCUT2D eigenvalue weighted by molar-refractivity contribution is 6.09. The highest BCUT2D eigenvalue weighted by Crippen LogP contribution is 2.40. The van der Waals surface area contributed by atoms with Gasteiger partial charge in [0.2, 0.25) is 11.8 Å². The van der Waals surface area contributed by atoms with E-state index < -0.39 is 11.9 Å². The molecule has 2 unspecified atom stereocenters. The standard InChI is InChI=1S/C50H61N11O6/c1-32-45-40(48(64)61(32)41-13-15-44(62)54-47(41)63)12-14-42(53-45)59-18-16-39(17-19-59)67-38-10-6-33(7-11-38)26-57-20-22-58(23-21-57)28-36-9-8-34-27-60(49(65)46(34)52-36)37-5-3-4-35(24-37)50(29-66-30-50)25-43-55-51-31-56(43)2/h3-5,8-9,12,14,24,31-33,38-39,41H,6-7,10-11,13,15-23,25-30H2,1-2H3,(H,54,62,63)/t32?,33-,38-,41?. The molecule has 1 N–H and O–H groups in total. The van der Waals surface area contributed by atoms with Crippen molar-refractivity contribution in [3.63, 3.8) is 0 Å². The number of benzene rings is 1. The van der Waals surface area contributed by atoms with Crippen molar-refractivity contribution < 1.29 is 28.7 Å². The molecular weight excluding hydrogens is 851 g/mol. The Morgan fingerprint density at radius 1 is 0.836 bits per heavy atom. The number of rotatable bonds is 12. The zero-order chi connectivity index (χ0) is 45.8. The summed E-state index contributed by atoms with van der Waals surface area (Å²) in [6.45, 7) is 11.3. The van der Waals surface area contributed by atoms with E-state index in [1.165, 1.54) is 12.8 Å². The molecule has 17 nitrogen and oxygen atoms in total. The Labute approximate surface area is 391 Å². The zero-order valence-corrected chi connectivity index (χ0v) is 38.6. The van der Waals surface area contributed by atoms with Crippen molar-refractivity contribution in [2.75, 3.05) is 68.8 Å². The summed E-state index contributed by atoms with van der Waals surface area (Å²) in [4.78, 5) is 72.3. The number of carbonyl (C=O) groups is 4. The van der Waals surface area contributed by atoms with Crippen molar-refractivity contribution in [3.8, 4) is 0 Å². The number of aromatic nitrogens is 5. The van der Waals surface area contributed by atoms with E-state index in [9.17, 15) is 19.2 Å². The lowest BCUT2D eigenvalue weighted by Crippen LogP contribution is -2.53. The van der Waals surface area contributed by atoms with Crippen LogP contribution < -0.4 is 15.1 Å². The number of carbonyl (C=O) groups excluding carboxylic acids is 4. The first-order chi connectivity index (χ1) is 32.6. The van der Waals surface area contributed by atoms with Crippen LogP contribution in [0.2, 0.25) is 0 Å². The first-order valence-corrected chi connectivity index (χ1v) is 24.4. The maximum atomic E-state index is 13.9. The average molecular weight is 912 g/mol. The number of fused-ring (bicyclic) bond motifs is 2. The van der Waals surface area contributed by atoms with Crippen LogP contribution in [0.25, 0.3) is 0 Å². The smallest absolute Gasteiger partial charge is 0.277 e. The summed E-state index contributed by atoms with van der Waals surface area (Å²) < 4.78 is 14.4. The number of nitrogens with one attached hydrogen (secondary N) is 1. The van der Waals surface area contributed by atoms with Crippen LogP contribution >= 0.6 is 0 Å². The van der Waals surface area contributed by atoms with Gasteiger partial charge in [0.25, 0.3) is 11.8 Å². The van der Waals surface area contributed by atoms with E-state index in [4.69, 9.17) is 19.4 Å². The number of hydrogen-bond donors (Lipinski definition) is 1. The molecule has 0 radical (unpaired) electrons. The van der Waals surface area contributed by atoms with Crippen molar-refractivity contribution in [1.29, 1.82) is 0 Å². The average Bonchev–Trinajstić information content (AvgIpc) is 3.97. The maximum absolute atomic E-state index is 13.9. The molecule has 4 amide bonds. The van der Waals surface area contributed by atoms with Crippen LogP contribution in [0, 0.1) is 5.92 Å². The number of amides is 4. The van der Waals surface area contributed by atoms with Crippen LogP contribution in [0.4, 0.5) is 11.5 Å². The molecule has 4 saturated heterocycles. The van der Waals surface area contributed by atoms with Crippen LogP contribution in [-0.4, -0.2) is 140 Å². The summed E-state index contributed by atoms with van der Waals surface area (Å²) in [6.07, 6.45) is 10.0. The normalized spacial score (nSPS) is 25.9. The molecule has 2 atom stereocenters. The number of ether oxygens (including phenoxy) is 2. The SMILES string of the molecule is CC1c2nc(N3CCC(O[C@H]4CC[C@H](CN5CCN(Cc6ccc7c(n6)C(=O)N(c6cccc(C8(Cc9nncn9C)COC8)c6)C7)CC5)CC4)CC3)ccc2C(=O)N1C1CCC(=O)NC1=O. The van der Waals surface area contributed by atoms with Gasteiger partial charge in [-0.3, -0.25) is 29.4 Å². The molecule has 1 saturated carbocycles. The number of hydrogen-bond acceptors (Lipinski definition) is 13. The van der Waals surface area contributed by atoms with E-state index in [0.29, 0.717) is 55.2 Å². The van der Waals surface area contributed by atoms with E-state index in [2.05, 4.69) is 54.5 Å². The molecule has 0 bridgehead atoms. The molecule has 9 heterocycles. The van der Waals surface area contributed by atoms with E-state index >= 15 is 0 Å². The van der Waals surface area contributed by atoms with Gasteiger partial charge < -0.3 is 33.6 Å². The Bertz CT molecular complexity index is 2540. The Morgan fingerprint density at radius 3 is 2.34 bits per heavy atom. The minimum atomic E-state index is -0.660. The van der Waals surface area contributed by atoms with Crippen molar-refractivity contribution in [2.24, 2.45) is 13.0 Å². The van der Waals surface area contributed by atoms with Gasteiger partial charge in [-0.25, -0.2) is 9.97 Å². The summed E-state index contributed by atoms with van der Waals surface area (Å²) in [6, 6.07) is 15.3. The summed E-state index contributed by atoms with van der Waals surface area (Å²) in [5.74, 6) is 1.53. The molecule has 4 aromatic rings. The molecule has 17 heteroatoms. The predicted molar refractivity (Wildman–Crippen MR) is 247 cm³/mol. The van der Waals surface area contributed by atoms with E-state index in [1.54, 1.807) is 11.2 Å². The second kappa shape index (κ2) is 18.1. The number of anilines is 2. The van der Waals surface area contributed by atoms with E-state index in [1.807, 2.05) is 47.7 Å². The zero-order valence-electron chi connectivity index (χ0n) is 38.6. The molecule has 11 rings (SSSR count). The van der Waals surface area contributed by atoms with E-state index in [0.717, 1.165) is 119 Å². The molecule has 67 heavy (non-hydrogen) atoms. The second-order valence-electron chi connectivity index (χ2n) is 20.1. The molecule has 0 spiro atoms. The topological polar surface area (TPSA) is 171 Å². The number of nitrogens with zero attached hydrogens (tertiary/aromatic N) is 10. The second-order valence-corrected chi connectivity index (χ2v) is 20.1. The Hall–Kier alpha value is -5.62. The van der Waals surface area contributed by atoms with Crippen molar-refractivity contribution in [3.05, 3.63) is 94.5 Å². The van der Waals surface area contributed by atoms with Gasteiger partial charge in [-0.1, -0.05) is 18.2 Å². The number of piperazine rings is 1. The van der Waals surface area contributed by atoms with E-state index in [-0.39, 0.29) is 41.7 Å². The summed E-state index contributed by atoms with van der Waals surface area (Å²) in [5.41, 5.74) is 5.56. The number of imide groups is 1. The molecule has 7 aliphatic rings. The fourth-order valence-electron chi connectivity index (χ4n) is 11.6. The minimum Gasteiger partial charge on any atom is -0.379 e. The molecule has 3 aromatic heterocycles. The lowest BCUT2D eigenvalue weighted by molar-refractivity contribution is -0.137. The number of piperidine rings is 2. The van der Waals surface area contributed by atoms with Crippen molar-refractivity contribution >= 4 is 35.1 Å². The van der Waals surface area contributed by atoms with Crippen LogP contribution in [0.3, 0.4) is 0 Å². The maximum Gasteiger partial charge on any atom is 0.277 e. The van der Waals surface area contributed by atoms with Crippen molar-refractivity contribution in [2.45, 2.75) is 108 Å². The van der Waals surface area contributed by atoms with Gasteiger partial charge in [-0.2, -0.15) is 0 Å². The predicted octanol–water partition coefficient (Wildman–Crippen LogP) is 3.96. The largest absolute Gasteiger partial charge is 0.379 e. The summed E-state index contributed by atoms with van der Waals surface area (Å²) >= 11 is 0. The van der Waals surface area contributed by atoms with Crippen molar-refractivity contribution in [1.82, 2.24) is 44.7 Å². The lowest BCUT2D eigenvalue weighted by atomic mass is 9.75. The van der Waals surface area contributed by atoms with Gasteiger partial charge in [0, 0.05) is 88.9 Å². The summed E-state index contributed by atoms with van der Waals surface area (Å²) in [5, 5.41) is 10.8. The molecule has 6 aliphatic heterocycles. The third-order valence-corrected chi connectivity index (χ3v) is 15.7. The monoisotopic (exact) mass is 911 g/mol. The summed E-state index contributed by atoms with van der Waals surface area (Å²) in [7, 11) is 1.96. The molecular formula is C50H61N11O6. The Balaban J connectivity index is 0.607. The van der Waals surface area contributed by atoms with Gasteiger partial charge >= 0.3 is 0 Å². The molecule has 352 valence electrons. The fourth-order valence-corrected chi connectivity index (χ4v) is 11.6. The van der Waals surface area contributed by atoms with Crippen LogP contribution in [0.1, 0.15) is 114 Å². The third-order valence-electron chi connectivity index (χ3n) is 15.7. The lowest BCUT2D eigenvalue weighted by Gasteiger charge is -2.42. The number of pyridine rings is 2. The van der Waals surface area contributed by atoms with Crippen LogP contribution in [0.5, 0.6) is 0 Å². The highest BCUT2D eigenvalue weighted by atomic mass is 16.5. The first-order valence-electron chi connectivity index (χ1n) is 24.4. The molecule has 1 aromatic carbocycles. The fraction of sp³-hybridized carbons (Fsp3) is 0.560. The third kappa shape index (κ3) is 8.63.